The maximum absolute atomic E-state index is 10.5. The Labute approximate surface area is 100 Å². The van der Waals surface area contributed by atoms with Crippen LogP contribution in [0.4, 0.5) is 5.13 Å². The van der Waals surface area contributed by atoms with E-state index in [4.69, 9.17) is 0 Å². The van der Waals surface area contributed by atoms with E-state index in [0.717, 1.165) is 17.0 Å². The van der Waals surface area contributed by atoms with Crippen molar-refractivity contribution in [3.8, 4) is 0 Å². The van der Waals surface area contributed by atoms with Gasteiger partial charge in [0.05, 0.1) is 5.69 Å². The quantitative estimate of drug-likeness (QED) is 0.378. The molecule has 1 amide bonds. The van der Waals surface area contributed by atoms with Crippen molar-refractivity contribution in [3.05, 3.63) is 11.1 Å². The molecule has 1 aromatic heterocycles. The largest absolute Gasteiger partial charge is 1.00 e. The third-order valence-corrected chi connectivity index (χ3v) is 1.90. The van der Waals surface area contributed by atoms with Crippen LogP contribution in [0, 0.1) is 6.92 Å². The van der Waals surface area contributed by atoms with Crippen LogP contribution in [0.15, 0.2) is 5.38 Å². The van der Waals surface area contributed by atoms with Crippen LogP contribution in [-0.4, -0.2) is 16.9 Å². The predicted octanol–water partition coefficient (Wildman–Crippen LogP) is -3.86. The van der Waals surface area contributed by atoms with Crippen LogP contribution in [0.1, 0.15) is 5.69 Å². The molecule has 0 aliphatic carbocycles. The third-order valence-electron chi connectivity index (χ3n) is 1.02. The molecule has 0 aliphatic heterocycles. The number of aliphatic carboxylic acids is 1. The van der Waals surface area contributed by atoms with Gasteiger partial charge in [0.25, 0.3) is 5.91 Å². The number of hydrogen-bond donors (Lipinski definition) is 1. The summed E-state index contributed by atoms with van der Waals surface area (Å²) in [6.07, 6.45) is 0. The van der Waals surface area contributed by atoms with Crippen molar-refractivity contribution in [2.45, 2.75) is 6.92 Å². The van der Waals surface area contributed by atoms with Crippen LogP contribution in [0.25, 0.3) is 0 Å². The SMILES string of the molecule is Cc1csc(NC(=O)C(=O)[O-])n1.[Na+]. The van der Waals surface area contributed by atoms with Crippen molar-refractivity contribution in [2.75, 3.05) is 5.32 Å². The van der Waals surface area contributed by atoms with E-state index < -0.39 is 11.9 Å². The number of nitrogens with zero attached hydrogens (tertiary/aromatic N) is 1. The number of rotatable bonds is 1. The molecule has 0 saturated carbocycles. The average Bonchev–Trinajstić information content (AvgIpc) is 2.35. The third kappa shape index (κ3) is 3.86. The molecule has 0 aromatic carbocycles. The van der Waals surface area contributed by atoms with Crippen molar-refractivity contribution >= 4 is 28.3 Å². The van der Waals surface area contributed by atoms with E-state index in [9.17, 15) is 14.7 Å². The number of aromatic nitrogens is 1. The van der Waals surface area contributed by atoms with E-state index in [-0.39, 0.29) is 34.7 Å². The van der Waals surface area contributed by atoms with Gasteiger partial charge >= 0.3 is 29.6 Å². The molecule has 7 heteroatoms. The summed E-state index contributed by atoms with van der Waals surface area (Å²) in [5.74, 6) is -2.94. The first kappa shape index (κ1) is 12.6. The fraction of sp³-hybridized carbons (Fsp3) is 0.167. The standard InChI is InChI=1S/C6H6N2O3S.Na/c1-3-2-12-6(7-3)8-4(9)5(10)11;/h2H,1H3,(H,10,11)(H,7,8,9);/q;+1/p-1. The molecule has 1 heterocycles. The number of carboxylic acid groups (broad SMARTS) is 1. The molecule has 0 saturated heterocycles. The minimum atomic E-state index is -1.76. The van der Waals surface area contributed by atoms with E-state index in [1.54, 1.807) is 12.3 Å². The van der Waals surface area contributed by atoms with Crippen LogP contribution < -0.4 is 40.0 Å². The maximum atomic E-state index is 10.5. The number of hydrogen-bond acceptors (Lipinski definition) is 5. The second-order valence-corrected chi connectivity index (χ2v) is 2.89. The van der Waals surface area contributed by atoms with Gasteiger partial charge in [-0.1, -0.05) is 0 Å². The summed E-state index contributed by atoms with van der Waals surface area (Å²) < 4.78 is 0. The number of aryl methyl sites for hydroxylation is 1. The molecule has 0 unspecified atom stereocenters. The number of carbonyl (C=O) groups is 2. The summed E-state index contributed by atoms with van der Waals surface area (Å²) in [7, 11) is 0. The molecule has 1 N–H and O–H groups in total. The smallest absolute Gasteiger partial charge is 0.540 e. The Morgan fingerprint density at radius 1 is 1.62 bits per heavy atom. The van der Waals surface area contributed by atoms with E-state index in [0.29, 0.717) is 0 Å². The zero-order valence-corrected chi connectivity index (χ0v) is 9.97. The normalized spacial score (nSPS) is 8.69. The maximum Gasteiger partial charge on any atom is 1.00 e. The summed E-state index contributed by atoms with van der Waals surface area (Å²) in [6.45, 7) is 1.74. The Morgan fingerprint density at radius 2 is 2.23 bits per heavy atom. The van der Waals surface area contributed by atoms with Crippen LogP contribution in [0.2, 0.25) is 0 Å². The monoisotopic (exact) mass is 208 g/mol. The second kappa shape index (κ2) is 5.33. The molecule has 5 nitrogen and oxygen atoms in total. The zero-order chi connectivity index (χ0) is 9.14. The number of carboxylic acids is 1. The molecule has 0 aliphatic rings. The second-order valence-electron chi connectivity index (χ2n) is 2.04. The first-order valence-electron chi connectivity index (χ1n) is 3.04. The van der Waals surface area contributed by atoms with Gasteiger partial charge in [-0.15, -0.1) is 11.3 Å². The molecule has 0 bridgehead atoms. The first-order valence-corrected chi connectivity index (χ1v) is 3.92. The van der Waals surface area contributed by atoms with E-state index in [2.05, 4.69) is 10.3 Å². The topological polar surface area (TPSA) is 82.1 Å². The van der Waals surface area contributed by atoms with Gasteiger partial charge in [0.1, 0.15) is 5.97 Å². The average molecular weight is 208 g/mol. The molecular weight excluding hydrogens is 203 g/mol. The number of carbonyl (C=O) groups excluding carboxylic acids is 2. The zero-order valence-electron chi connectivity index (χ0n) is 7.16. The molecule has 64 valence electrons. The van der Waals surface area contributed by atoms with Crippen LogP contribution in [-0.2, 0) is 9.59 Å². The molecule has 1 aromatic rings. The van der Waals surface area contributed by atoms with Crippen molar-refractivity contribution in [1.29, 1.82) is 0 Å². The van der Waals surface area contributed by atoms with Gasteiger partial charge < -0.3 is 9.90 Å². The summed E-state index contributed by atoms with van der Waals surface area (Å²) in [6, 6.07) is 0. The van der Waals surface area contributed by atoms with Gasteiger partial charge in [0.15, 0.2) is 5.13 Å². The summed E-state index contributed by atoms with van der Waals surface area (Å²) in [5, 5.41) is 14.0. The fourth-order valence-electron chi connectivity index (χ4n) is 0.560. The van der Waals surface area contributed by atoms with Gasteiger partial charge in [-0.05, 0) is 6.92 Å². The Kier molecular flexibility index (Phi) is 5.16. The molecule has 0 fully saturated rings. The minimum absolute atomic E-state index is 0. The Morgan fingerprint density at radius 3 is 2.62 bits per heavy atom. The van der Waals surface area contributed by atoms with Crippen molar-refractivity contribution in [3.63, 3.8) is 0 Å². The minimum Gasteiger partial charge on any atom is -0.540 e. The van der Waals surface area contributed by atoms with Crippen LogP contribution in [0.3, 0.4) is 0 Å². The van der Waals surface area contributed by atoms with Gasteiger partial charge in [-0.25, -0.2) is 4.98 Å². The molecule has 0 radical (unpaired) electrons. The molecule has 13 heavy (non-hydrogen) atoms. The van der Waals surface area contributed by atoms with Crippen LogP contribution >= 0.6 is 11.3 Å². The summed E-state index contributed by atoms with van der Waals surface area (Å²) in [5.41, 5.74) is 0.730. The van der Waals surface area contributed by atoms with E-state index in [1.807, 2.05) is 0 Å². The summed E-state index contributed by atoms with van der Waals surface area (Å²) >= 11 is 1.16. The van der Waals surface area contributed by atoms with E-state index in [1.165, 1.54) is 0 Å². The van der Waals surface area contributed by atoms with Crippen molar-refractivity contribution in [1.82, 2.24) is 4.98 Å². The number of nitrogens with one attached hydrogen (secondary N) is 1. The van der Waals surface area contributed by atoms with Crippen molar-refractivity contribution in [2.24, 2.45) is 0 Å². The number of thiazole rings is 1. The van der Waals surface area contributed by atoms with Gasteiger partial charge in [0.2, 0.25) is 0 Å². The number of anilines is 1. The Bertz CT molecular complexity index is 325. The summed E-state index contributed by atoms with van der Waals surface area (Å²) in [4.78, 5) is 24.3. The van der Waals surface area contributed by atoms with Gasteiger partial charge in [-0.3, -0.25) is 10.1 Å². The molecule has 1 rings (SSSR count). The molecule has 0 spiro atoms. The number of amides is 1. The first-order chi connectivity index (χ1) is 5.59. The van der Waals surface area contributed by atoms with Gasteiger partial charge in [-0.2, -0.15) is 0 Å². The predicted molar refractivity (Wildman–Crippen MR) is 40.5 cm³/mol. The molecule has 0 atom stereocenters. The Hall–Kier alpha value is -0.430. The van der Waals surface area contributed by atoms with Gasteiger partial charge in [0, 0.05) is 5.38 Å². The van der Waals surface area contributed by atoms with E-state index >= 15 is 0 Å². The Balaban J connectivity index is 0.00000144. The fourth-order valence-corrected chi connectivity index (χ4v) is 1.24. The van der Waals surface area contributed by atoms with Crippen molar-refractivity contribution < 1.29 is 44.3 Å². The molecular formula is C6H5N2NaO3S. The van der Waals surface area contributed by atoms with Crippen LogP contribution in [0.5, 0.6) is 0 Å².